The lowest BCUT2D eigenvalue weighted by Crippen LogP contribution is -2.36. The first-order valence-electron chi connectivity index (χ1n) is 10.8. The highest BCUT2D eigenvalue weighted by Gasteiger charge is 2.33. The van der Waals surface area contributed by atoms with Crippen molar-refractivity contribution < 1.29 is 4.79 Å². The molecule has 0 aliphatic carbocycles. The standard InChI is InChI=1S/C24H32N4O/c1-18-7-5-6-14-28(18)17-20-12-10-19(11-13-20)15-25-24(29)22-16-26-27-23(22)21-8-3-2-4-9-21/h2-4,8-13,18,22-23,26-27H,5-7,14-17H2,1H3,(H,25,29). The van der Waals surface area contributed by atoms with Gasteiger partial charge in [-0.3, -0.25) is 15.1 Å². The van der Waals surface area contributed by atoms with Crippen molar-refractivity contribution >= 4 is 5.91 Å². The summed E-state index contributed by atoms with van der Waals surface area (Å²) in [4.78, 5) is 15.3. The maximum Gasteiger partial charge on any atom is 0.226 e. The fraction of sp³-hybridized carbons (Fsp3) is 0.458. The summed E-state index contributed by atoms with van der Waals surface area (Å²) in [6.45, 7) is 5.76. The van der Waals surface area contributed by atoms with Gasteiger partial charge < -0.3 is 5.32 Å². The fourth-order valence-corrected chi connectivity index (χ4v) is 4.43. The normalized spacial score (nSPS) is 25.1. The van der Waals surface area contributed by atoms with Gasteiger partial charge in [0, 0.05) is 25.7 Å². The summed E-state index contributed by atoms with van der Waals surface area (Å²) in [6.07, 6.45) is 3.97. The summed E-state index contributed by atoms with van der Waals surface area (Å²) in [5, 5.41) is 3.12. The number of rotatable bonds is 6. The number of hydrazine groups is 1. The highest BCUT2D eigenvalue weighted by molar-refractivity contribution is 5.80. The number of carbonyl (C=O) groups excluding carboxylic acids is 1. The van der Waals surface area contributed by atoms with E-state index in [4.69, 9.17) is 0 Å². The van der Waals surface area contributed by atoms with Gasteiger partial charge in [-0.05, 0) is 43.0 Å². The first-order valence-corrected chi connectivity index (χ1v) is 10.8. The molecule has 29 heavy (non-hydrogen) atoms. The van der Waals surface area contributed by atoms with E-state index < -0.39 is 0 Å². The Kier molecular flexibility index (Phi) is 6.60. The Morgan fingerprint density at radius 2 is 1.83 bits per heavy atom. The molecule has 2 aromatic carbocycles. The molecule has 2 aromatic rings. The Hall–Kier alpha value is -2.21. The molecule has 0 radical (unpaired) electrons. The molecule has 154 valence electrons. The Bertz CT molecular complexity index is 792. The number of hydrogen-bond donors (Lipinski definition) is 3. The van der Waals surface area contributed by atoms with E-state index >= 15 is 0 Å². The van der Waals surface area contributed by atoms with E-state index in [1.807, 2.05) is 18.2 Å². The lowest BCUT2D eigenvalue weighted by atomic mass is 9.94. The van der Waals surface area contributed by atoms with Crippen molar-refractivity contribution in [2.45, 2.75) is 51.4 Å². The van der Waals surface area contributed by atoms with Gasteiger partial charge in [0.05, 0.1) is 12.0 Å². The van der Waals surface area contributed by atoms with Crippen molar-refractivity contribution in [2.75, 3.05) is 13.1 Å². The smallest absolute Gasteiger partial charge is 0.226 e. The SMILES string of the molecule is CC1CCCCN1Cc1ccc(CNC(=O)C2CNNC2c2ccccc2)cc1. The van der Waals surface area contributed by atoms with E-state index in [9.17, 15) is 4.79 Å². The molecule has 3 N–H and O–H groups in total. The minimum absolute atomic E-state index is 0.00473. The lowest BCUT2D eigenvalue weighted by Gasteiger charge is -2.33. The second-order valence-corrected chi connectivity index (χ2v) is 8.37. The molecule has 1 amide bonds. The van der Waals surface area contributed by atoms with Crippen LogP contribution in [-0.4, -0.2) is 29.9 Å². The van der Waals surface area contributed by atoms with Crippen LogP contribution < -0.4 is 16.2 Å². The van der Waals surface area contributed by atoms with Crippen LogP contribution in [0.3, 0.4) is 0 Å². The molecule has 5 nitrogen and oxygen atoms in total. The van der Waals surface area contributed by atoms with Crippen molar-refractivity contribution in [3.05, 3.63) is 71.3 Å². The topological polar surface area (TPSA) is 56.4 Å². The number of benzene rings is 2. The van der Waals surface area contributed by atoms with E-state index in [1.54, 1.807) is 0 Å². The van der Waals surface area contributed by atoms with E-state index in [0.717, 1.165) is 17.7 Å². The molecule has 0 saturated carbocycles. The monoisotopic (exact) mass is 392 g/mol. The van der Waals surface area contributed by atoms with Crippen LogP contribution in [0.2, 0.25) is 0 Å². The first kappa shape index (κ1) is 20.1. The molecule has 2 aliphatic heterocycles. The van der Waals surface area contributed by atoms with Gasteiger partial charge in [0.25, 0.3) is 0 Å². The molecule has 2 saturated heterocycles. The number of amides is 1. The van der Waals surface area contributed by atoms with Crippen molar-refractivity contribution in [1.29, 1.82) is 0 Å². The molecule has 2 fully saturated rings. The molecule has 2 heterocycles. The third kappa shape index (κ3) is 5.04. The van der Waals surface area contributed by atoms with Crippen LogP contribution in [-0.2, 0) is 17.9 Å². The van der Waals surface area contributed by atoms with Crippen LogP contribution in [0.15, 0.2) is 54.6 Å². The van der Waals surface area contributed by atoms with Gasteiger partial charge in [-0.15, -0.1) is 0 Å². The van der Waals surface area contributed by atoms with Crippen molar-refractivity contribution in [2.24, 2.45) is 5.92 Å². The van der Waals surface area contributed by atoms with E-state index in [2.05, 4.69) is 64.4 Å². The predicted octanol–water partition coefficient (Wildman–Crippen LogP) is 3.14. The molecule has 3 unspecified atom stereocenters. The Morgan fingerprint density at radius 3 is 2.59 bits per heavy atom. The Morgan fingerprint density at radius 1 is 1.07 bits per heavy atom. The second-order valence-electron chi connectivity index (χ2n) is 8.37. The van der Waals surface area contributed by atoms with E-state index in [1.165, 1.54) is 31.4 Å². The van der Waals surface area contributed by atoms with Gasteiger partial charge in [-0.2, -0.15) is 0 Å². The summed E-state index contributed by atoms with van der Waals surface area (Å²) in [5.74, 6) is -0.0279. The quantitative estimate of drug-likeness (QED) is 0.707. The number of hydrogen-bond acceptors (Lipinski definition) is 4. The van der Waals surface area contributed by atoms with E-state index in [0.29, 0.717) is 19.1 Å². The average Bonchev–Trinajstić information content (AvgIpc) is 3.25. The second kappa shape index (κ2) is 9.53. The highest BCUT2D eigenvalue weighted by Crippen LogP contribution is 2.25. The van der Waals surface area contributed by atoms with Crippen LogP contribution in [0.4, 0.5) is 0 Å². The van der Waals surface area contributed by atoms with Gasteiger partial charge in [0.15, 0.2) is 0 Å². The molecule has 2 aliphatic rings. The number of piperidine rings is 1. The van der Waals surface area contributed by atoms with Crippen LogP contribution in [0.5, 0.6) is 0 Å². The summed E-state index contributed by atoms with van der Waals surface area (Å²) >= 11 is 0. The van der Waals surface area contributed by atoms with Crippen LogP contribution in [0.1, 0.15) is 48.9 Å². The zero-order valence-corrected chi connectivity index (χ0v) is 17.2. The Balaban J connectivity index is 1.30. The molecule has 4 rings (SSSR count). The third-order valence-corrected chi connectivity index (χ3v) is 6.29. The lowest BCUT2D eigenvalue weighted by molar-refractivity contribution is -0.125. The Labute approximate surface area is 173 Å². The van der Waals surface area contributed by atoms with Crippen molar-refractivity contribution in [1.82, 2.24) is 21.1 Å². The summed E-state index contributed by atoms with van der Waals surface area (Å²) in [6, 6.07) is 19.5. The number of likely N-dealkylation sites (tertiary alicyclic amines) is 1. The van der Waals surface area contributed by atoms with Crippen LogP contribution in [0, 0.1) is 5.92 Å². The van der Waals surface area contributed by atoms with Gasteiger partial charge in [0.1, 0.15) is 0 Å². The highest BCUT2D eigenvalue weighted by atomic mass is 16.2. The summed E-state index contributed by atoms with van der Waals surface area (Å²) in [7, 11) is 0. The largest absolute Gasteiger partial charge is 0.352 e. The predicted molar refractivity (Wildman–Crippen MR) is 116 cm³/mol. The first-order chi connectivity index (χ1) is 14.2. The summed E-state index contributed by atoms with van der Waals surface area (Å²) in [5.41, 5.74) is 10.00. The zero-order valence-electron chi connectivity index (χ0n) is 17.2. The number of nitrogens with one attached hydrogen (secondary N) is 3. The maximum absolute atomic E-state index is 12.8. The van der Waals surface area contributed by atoms with E-state index in [-0.39, 0.29) is 17.9 Å². The number of carbonyl (C=O) groups is 1. The van der Waals surface area contributed by atoms with Crippen molar-refractivity contribution in [3.63, 3.8) is 0 Å². The minimum atomic E-state index is -0.114. The molecule has 0 spiro atoms. The molecule has 0 aromatic heterocycles. The average molecular weight is 393 g/mol. The van der Waals surface area contributed by atoms with Gasteiger partial charge in [-0.25, -0.2) is 5.43 Å². The summed E-state index contributed by atoms with van der Waals surface area (Å²) < 4.78 is 0. The van der Waals surface area contributed by atoms with Gasteiger partial charge in [0.2, 0.25) is 5.91 Å². The molecular weight excluding hydrogens is 360 g/mol. The van der Waals surface area contributed by atoms with Crippen molar-refractivity contribution in [3.8, 4) is 0 Å². The maximum atomic E-state index is 12.8. The zero-order chi connectivity index (χ0) is 20.1. The van der Waals surface area contributed by atoms with Crippen LogP contribution >= 0.6 is 0 Å². The molecule has 0 bridgehead atoms. The number of nitrogens with zero attached hydrogens (tertiary/aromatic N) is 1. The van der Waals surface area contributed by atoms with Crippen LogP contribution in [0.25, 0.3) is 0 Å². The molecule has 5 heteroatoms. The molecule has 3 atom stereocenters. The fourth-order valence-electron chi connectivity index (χ4n) is 4.43. The molecular formula is C24H32N4O. The minimum Gasteiger partial charge on any atom is -0.352 e. The van der Waals surface area contributed by atoms with Gasteiger partial charge in [-0.1, -0.05) is 61.0 Å². The van der Waals surface area contributed by atoms with Gasteiger partial charge >= 0.3 is 0 Å². The third-order valence-electron chi connectivity index (χ3n) is 6.29.